The van der Waals surface area contributed by atoms with E-state index in [2.05, 4.69) is 15.9 Å². The summed E-state index contributed by atoms with van der Waals surface area (Å²) in [4.78, 5) is 27.1. The van der Waals surface area contributed by atoms with Crippen LogP contribution in [-0.4, -0.2) is 52.1 Å². The first kappa shape index (κ1) is 13.5. The van der Waals surface area contributed by atoms with Crippen molar-refractivity contribution < 1.29 is 9.59 Å². The highest BCUT2D eigenvalue weighted by Gasteiger charge is 2.36. The van der Waals surface area contributed by atoms with Gasteiger partial charge < -0.3 is 9.80 Å². The van der Waals surface area contributed by atoms with Gasteiger partial charge in [0.05, 0.1) is 4.83 Å². The molecule has 16 heavy (non-hydrogen) atoms. The van der Waals surface area contributed by atoms with Gasteiger partial charge in [-0.25, -0.2) is 0 Å². The molecule has 0 aromatic carbocycles. The minimum atomic E-state index is -0.338. The van der Waals surface area contributed by atoms with Crippen LogP contribution in [0.3, 0.4) is 0 Å². The van der Waals surface area contributed by atoms with Gasteiger partial charge in [-0.15, -0.1) is 0 Å². The smallest absolute Gasteiger partial charge is 0.245 e. The summed E-state index contributed by atoms with van der Waals surface area (Å²) in [6.07, 6.45) is 0.786. The summed E-state index contributed by atoms with van der Waals surface area (Å²) in [5, 5.41) is 0. The maximum Gasteiger partial charge on any atom is 0.245 e. The third kappa shape index (κ3) is 2.56. The minimum absolute atomic E-state index is 0.0352. The van der Waals surface area contributed by atoms with Crippen molar-refractivity contribution in [3.63, 3.8) is 0 Å². The number of likely N-dealkylation sites (tertiary alicyclic amines) is 1. The third-order valence-corrected chi connectivity index (χ3v) is 3.92. The topological polar surface area (TPSA) is 40.6 Å². The van der Waals surface area contributed by atoms with Gasteiger partial charge in [-0.3, -0.25) is 9.59 Å². The van der Waals surface area contributed by atoms with Crippen molar-refractivity contribution in [1.29, 1.82) is 0 Å². The fraction of sp³-hybridized carbons (Fsp3) is 0.818. The van der Waals surface area contributed by atoms with E-state index in [9.17, 15) is 9.59 Å². The summed E-state index contributed by atoms with van der Waals surface area (Å²) in [5.74, 6) is 0.0768. The van der Waals surface area contributed by atoms with Gasteiger partial charge in [0.25, 0.3) is 0 Å². The number of likely N-dealkylation sites (N-methyl/N-ethyl adjacent to an activating group) is 1. The maximum absolute atomic E-state index is 12.1. The predicted molar refractivity (Wildman–Crippen MR) is 66.4 cm³/mol. The summed E-state index contributed by atoms with van der Waals surface area (Å²) in [7, 11) is 0. The first-order chi connectivity index (χ1) is 7.52. The van der Waals surface area contributed by atoms with Crippen molar-refractivity contribution in [3.05, 3.63) is 0 Å². The molecule has 0 aromatic rings. The zero-order valence-corrected chi connectivity index (χ0v) is 11.7. The van der Waals surface area contributed by atoms with Crippen LogP contribution in [0.4, 0.5) is 0 Å². The van der Waals surface area contributed by atoms with E-state index in [0.717, 1.165) is 6.42 Å². The molecule has 0 saturated carbocycles. The lowest BCUT2D eigenvalue weighted by atomic mass is 10.2. The van der Waals surface area contributed by atoms with Crippen LogP contribution < -0.4 is 0 Å². The third-order valence-electron chi connectivity index (χ3n) is 3.07. The Morgan fingerprint density at radius 1 is 1.56 bits per heavy atom. The standard InChI is InChI=1S/C11H19BrN2O2/c1-4-13(5-2)10(15)8(3)14-7-6-9(12)11(14)16/h8-9H,4-7H2,1-3H3. The van der Waals surface area contributed by atoms with Crippen LogP contribution in [0.2, 0.25) is 0 Å². The molecule has 1 fully saturated rings. The molecule has 5 heteroatoms. The molecule has 0 N–H and O–H groups in total. The van der Waals surface area contributed by atoms with Crippen LogP contribution in [0, 0.1) is 0 Å². The highest BCUT2D eigenvalue weighted by Crippen LogP contribution is 2.21. The van der Waals surface area contributed by atoms with Crippen molar-refractivity contribution in [2.24, 2.45) is 0 Å². The second kappa shape index (κ2) is 5.66. The van der Waals surface area contributed by atoms with E-state index in [4.69, 9.17) is 0 Å². The molecule has 92 valence electrons. The number of hydrogen-bond donors (Lipinski definition) is 0. The number of amides is 2. The molecule has 1 heterocycles. The zero-order chi connectivity index (χ0) is 12.3. The molecule has 2 unspecified atom stereocenters. The molecule has 1 saturated heterocycles. The van der Waals surface area contributed by atoms with E-state index >= 15 is 0 Å². The molecule has 1 aliphatic heterocycles. The molecular weight excluding hydrogens is 272 g/mol. The van der Waals surface area contributed by atoms with Crippen LogP contribution in [0.1, 0.15) is 27.2 Å². The number of carbonyl (C=O) groups is 2. The molecule has 2 atom stereocenters. The Balaban J connectivity index is 2.67. The second-order valence-corrected chi connectivity index (χ2v) is 5.08. The Morgan fingerprint density at radius 3 is 2.50 bits per heavy atom. The quantitative estimate of drug-likeness (QED) is 0.731. The molecule has 0 aromatic heterocycles. The fourth-order valence-electron chi connectivity index (χ4n) is 1.98. The monoisotopic (exact) mass is 290 g/mol. The van der Waals surface area contributed by atoms with Gasteiger partial charge in [-0.2, -0.15) is 0 Å². The summed E-state index contributed by atoms with van der Waals surface area (Å²) < 4.78 is 0. The Hall–Kier alpha value is -0.580. The van der Waals surface area contributed by atoms with Crippen LogP contribution in [0.25, 0.3) is 0 Å². The Bertz CT molecular complexity index is 279. The highest BCUT2D eigenvalue weighted by atomic mass is 79.9. The van der Waals surface area contributed by atoms with E-state index < -0.39 is 0 Å². The Labute approximate surface area is 105 Å². The van der Waals surface area contributed by atoms with Crippen LogP contribution in [0.15, 0.2) is 0 Å². The lowest BCUT2D eigenvalue weighted by Crippen LogP contribution is -2.48. The number of alkyl halides is 1. The molecule has 0 aliphatic carbocycles. The largest absolute Gasteiger partial charge is 0.341 e. The predicted octanol–water partition coefficient (Wildman–Crippen LogP) is 1.24. The van der Waals surface area contributed by atoms with E-state index in [1.165, 1.54) is 0 Å². The van der Waals surface area contributed by atoms with Crippen molar-refractivity contribution in [2.45, 2.75) is 38.1 Å². The Morgan fingerprint density at radius 2 is 2.12 bits per heavy atom. The number of halogens is 1. The van der Waals surface area contributed by atoms with E-state index in [-0.39, 0.29) is 22.7 Å². The Kier molecular flexibility index (Phi) is 4.77. The first-order valence-electron chi connectivity index (χ1n) is 5.76. The molecule has 2 amide bonds. The second-order valence-electron chi connectivity index (χ2n) is 3.97. The minimum Gasteiger partial charge on any atom is -0.341 e. The normalized spacial score (nSPS) is 22.4. The number of hydrogen-bond acceptors (Lipinski definition) is 2. The van der Waals surface area contributed by atoms with Crippen LogP contribution in [-0.2, 0) is 9.59 Å². The van der Waals surface area contributed by atoms with Gasteiger partial charge in [0.15, 0.2) is 0 Å². The lowest BCUT2D eigenvalue weighted by molar-refractivity contribution is -0.142. The molecule has 0 spiro atoms. The molecular formula is C11H19BrN2O2. The van der Waals surface area contributed by atoms with E-state index in [1.807, 2.05) is 20.8 Å². The number of carbonyl (C=O) groups excluding carboxylic acids is 2. The SMILES string of the molecule is CCN(CC)C(=O)C(C)N1CCC(Br)C1=O. The molecule has 4 nitrogen and oxygen atoms in total. The molecule has 0 radical (unpaired) electrons. The van der Waals surface area contributed by atoms with Gasteiger partial charge in [-0.1, -0.05) is 15.9 Å². The molecule has 0 bridgehead atoms. The van der Waals surface area contributed by atoms with Crippen molar-refractivity contribution in [1.82, 2.24) is 9.80 Å². The van der Waals surface area contributed by atoms with Crippen LogP contribution in [0.5, 0.6) is 0 Å². The van der Waals surface area contributed by atoms with Gasteiger partial charge in [0.1, 0.15) is 6.04 Å². The summed E-state index contributed by atoms with van der Waals surface area (Å²) >= 11 is 3.32. The van der Waals surface area contributed by atoms with Gasteiger partial charge >= 0.3 is 0 Å². The molecule has 1 aliphatic rings. The van der Waals surface area contributed by atoms with Gasteiger partial charge in [0, 0.05) is 19.6 Å². The highest BCUT2D eigenvalue weighted by molar-refractivity contribution is 9.10. The van der Waals surface area contributed by atoms with Crippen molar-refractivity contribution >= 4 is 27.7 Å². The van der Waals surface area contributed by atoms with Gasteiger partial charge in [0.2, 0.25) is 11.8 Å². The lowest BCUT2D eigenvalue weighted by Gasteiger charge is -2.29. The summed E-state index contributed by atoms with van der Waals surface area (Å²) in [5.41, 5.74) is 0. The van der Waals surface area contributed by atoms with E-state index in [0.29, 0.717) is 19.6 Å². The van der Waals surface area contributed by atoms with Crippen LogP contribution >= 0.6 is 15.9 Å². The van der Waals surface area contributed by atoms with Gasteiger partial charge in [-0.05, 0) is 27.2 Å². The molecule has 1 rings (SSSR count). The summed E-state index contributed by atoms with van der Waals surface area (Å²) in [6, 6.07) is -0.338. The number of nitrogens with zero attached hydrogens (tertiary/aromatic N) is 2. The summed E-state index contributed by atoms with van der Waals surface area (Å²) in [6.45, 7) is 7.77. The average molecular weight is 291 g/mol. The fourth-order valence-corrected chi connectivity index (χ4v) is 2.45. The average Bonchev–Trinajstić information content (AvgIpc) is 2.60. The maximum atomic E-state index is 12.1. The van der Waals surface area contributed by atoms with E-state index in [1.54, 1.807) is 9.80 Å². The zero-order valence-electron chi connectivity index (χ0n) is 10.1. The van der Waals surface area contributed by atoms with Crippen molar-refractivity contribution in [2.75, 3.05) is 19.6 Å². The van der Waals surface area contributed by atoms with Crippen molar-refractivity contribution in [3.8, 4) is 0 Å². The number of rotatable bonds is 4. The first-order valence-corrected chi connectivity index (χ1v) is 6.67.